The maximum absolute atomic E-state index is 8.83. The van der Waals surface area contributed by atoms with E-state index in [0.29, 0.717) is 5.56 Å². The van der Waals surface area contributed by atoms with Crippen LogP contribution in [0.2, 0.25) is 0 Å². The normalized spacial score (nSPS) is 19.1. The summed E-state index contributed by atoms with van der Waals surface area (Å²) in [5, 5.41) is 8.83. The Hall–Kier alpha value is -2.15. The molecule has 3 nitrogen and oxygen atoms in total. The van der Waals surface area contributed by atoms with Gasteiger partial charge in [-0.2, -0.15) is 5.26 Å². The molecule has 0 amide bonds. The second kappa shape index (κ2) is 6.53. The summed E-state index contributed by atoms with van der Waals surface area (Å²) < 4.78 is 5.88. The molecule has 1 fully saturated rings. The zero-order valence-electron chi connectivity index (χ0n) is 11.9. The fourth-order valence-corrected chi connectivity index (χ4v) is 2.66. The largest absolute Gasteiger partial charge is 0.371 e. The van der Waals surface area contributed by atoms with Gasteiger partial charge in [0.05, 0.1) is 24.3 Å². The van der Waals surface area contributed by atoms with E-state index in [0.717, 1.165) is 26.2 Å². The predicted molar refractivity (Wildman–Crippen MR) is 81.6 cm³/mol. The quantitative estimate of drug-likeness (QED) is 0.865. The lowest BCUT2D eigenvalue weighted by atomic mass is 10.1. The van der Waals surface area contributed by atoms with Crippen molar-refractivity contribution in [1.29, 1.82) is 5.26 Å². The first-order valence-electron chi connectivity index (χ1n) is 7.23. The molecule has 1 unspecified atom stereocenters. The zero-order valence-corrected chi connectivity index (χ0v) is 11.9. The average Bonchev–Trinajstić information content (AvgIpc) is 2.57. The minimum absolute atomic E-state index is 0.151. The Morgan fingerprint density at radius 1 is 1.10 bits per heavy atom. The lowest BCUT2D eigenvalue weighted by Crippen LogP contribution is -2.37. The number of benzene rings is 2. The highest BCUT2D eigenvalue weighted by Gasteiger charge is 2.21. The van der Waals surface area contributed by atoms with Gasteiger partial charge >= 0.3 is 0 Å². The van der Waals surface area contributed by atoms with Crippen LogP contribution in [0.3, 0.4) is 0 Å². The predicted octanol–water partition coefficient (Wildman–Crippen LogP) is 3.13. The van der Waals surface area contributed by atoms with Gasteiger partial charge in [-0.15, -0.1) is 0 Å². The molecule has 2 aromatic carbocycles. The van der Waals surface area contributed by atoms with E-state index in [9.17, 15) is 0 Å². The summed E-state index contributed by atoms with van der Waals surface area (Å²) in [6, 6.07) is 20.4. The van der Waals surface area contributed by atoms with Crippen LogP contribution in [-0.4, -0.2) is 24.6 Å². The second-order valence-corrected chi connectivity index (χ2v) is 5.31. The molecule has 0 aliphatic carbocycles. The van der Waals surface area contributed by atoms with Crippen molar-refractivity contribution in [2.24, 2.45) is 0 Å². The second-order valence-electron chi connectivity index (χ2n) is 5.31. The molecule has 0 radical (unpaired) electrons. The van der Waals surface area contributed by atoms with Crippen LogP contribution in [0.1, 0.15) is 22.8 Å². The molecule has 1 aliphatic heterocycles. The van der Waals surface area contributed by atoms with Gasteiger partial charge in [0.15, 0.2) is 0 Å². The Labute approximate surface area is 125 Å². The van der Waals surface area contributed by atoms with Crippen molar-refractivity contribution in [3.8, 4) is 6.07 Å². The van der Waals surface area contributed by atoms with Crippen LogP contribution in [0.15, 0.2) is 54.6 Å². The van der Waals surface area contributed by atoms with Crippen LogP contribution in [0, 0.1) is 11.3 Å². The summed E-state index contributed by atoms with van der Waals surface area (Å²) >= 11 is 0. The van der Waals surface area contributed by atoms with Crippen LogP contribution >= 0.6 is 0 Å². The van der Waals surface area contributed by atoms with Crippen molar-refractivity contribution in [2.75, 3.05) is 19.7 Å². The smallest absolute Gasteiger partial charge is 0.0991 e. The molecule has 0 spiro atoms. The molecule has 0 N–H and O–H groups in total. The topological polar surface area (TPSA) is 36.3 Å². The molecule has 1 aliphatic rings. The van der Waals surface area contributed by atoms with E-state index in [4.69, 9.17) is 10.00 Å². The van der Waals surface area contributed by atoms with Crippen LogP contribution in [0.4, 0.5) is 0 Å². The maximum Gasteiger partial charge on any atom is 0.0991 e. The number of hydrogen-bond donors (Lipinski definition) is 0. The molecule has 1 heterocycles. The minimum Gasteiger partial charge on any atom is -0.371 e. The van der Waals surface area contributed by atoms with Gasteiger partial charge in [-0.05, 0) is 23.3 Å². The average molecular weight is 278 g/mol. The van der Waals surface area contributed by atoms with E-state index >= 15 is 0 Å². The van der Waals surface area contributed by atoms with Crippen molar-refractivity contribution < 1.29 is 4.74 Å². The molecule has 106 valence electrons. The molecule has 1 atom stereocenters. The number of nitriles is 1. The van der Waals surface area contributed by atoms with Crippen molar-refractivity contribution >= 4 is 0 Å². The highest BCUT2D eigenvalue weighted by atomic mass is 16.5. The SMILES string of the molecule is N#Cc1ccc(CN2CCOC(c3ccccc3)C2)cc1. The van der Waals surface area contributed by atoms with E-state index in [1.807, 2.05) is 30.3 Å². The molecule has 1 saturated heterocycles. The Morgan fingerprint density at radius 3 is 2.57 bits per heavy atom. The molecule has 0 aromatic heterocycles. The number of hydrogen-bond acceptors (Lipinski definition) is 3. The first kappa shape index (κ1) is 13.8. The summed E-state index contributed by atoms with van der Waals surface area (Å²) in [5.41, 5.74) is 3.19. The highest BCUT2D eigenvalue weighted by Crippen LogP contribution is 2.23. The Morgan fingerprint density at radius 2 is 1.86 bits per heavy atom. The van der Waals surface area contributed by atoms with Gasteiger partial charge in [-0.3, -0.25) is 4.90 Å². The summed E-state index contributed by atoms with van der Waals surface area (Å²) in [7, 11) is 0. The summed E-state index contributed by atoms with van der Waals surface area (Å²) in [6.45, 7) is 3.52. The van der Waals surface area contributed by atoms with E-state index in [-0.39, 0.29) is 6.10 Å². The number of nitrogens with zero attached hydrogens (tertiary/aromatic N) is 2. The third-order valence-electron chi connectivity index (χ3n) is 3.81. The first-order chi connectivity index (χ1) is 10.3. The molecule has 2 aromatic rings. The minimum atomic E-state index is 0.151. The van der Waals surface area contributed by atoms with E-state index < -0.39 is 0 Å². The van der Waals surface area contributed by atoms with E-state index in [2.05, 4.69) is 35.2 Å². The van der Waals surface area contributed by atoms with Gasteiger partial charge in [-0.25, -0.2) is 0 Å². The Balaban J connectivity index is 1.64. The molecule has 3 heteroatoms. The number of rotatable bonds is 3. The Kier molecular flexibility index (Phi) is 4.30. The molecule has 0 bridgehead atoms. The van der Waals surface area contributed by atoms with Gasteiger partial charge in [-0.1, -0.05) is 42.5 Å². The van der Waals surface area contributed by atoms with Crippen LogP contribution in [0.25, 0.3) is 0 Å². The van der Waals surface area contributed by atoms with Crippen molar-refractivity contribution in [1.82, 2.24) is 4.90 Å². The van der Waals surface area contributed by atoms with Gasteiger partial charge in [0.25, 0.3) is 0 Å². The number of morpholine rings is 1. The summed E-state index contributed by atoms with van der Waals surface area (Å²) in [5.74, 6) is 0. The summed E-state index contributed by atoms with van der Waals surface area (Å²) in [6.07, 6.45) is 0.151. The van der Waals surface area contributed by atoms with Gasteiger partial charge in [0.1, 0.15) is 0 Å². The molecule has 21 heavy (non-hydrogen) atoms. The van der Waals surface area contributed by atoms with Crippen molar-refractivity contribution in [2.45, 2.75) is 12.6 Å². The lowest BCUT2D eigenvalue weighted by molar-refractivity contribution is -0.0329. The van der Waals surface area contributed by atoms with Crippen molar-refractivity contribution in [3.63, 3.8) is 0 Å². The van der Waals surface area contributed by atoms with Gasteiger partial charge in [0.2, 0.25) is 0 Å². The molecule has 3 rings (SSSR count). The third-order valence-corrected chi connectivity index (χ3v) is 3.81. The zero-order chi connectivity index (χ0) is 14.5. The third kappa shape index (κ3) is 3.49. The van der Waals surface area contributed by atoms with Gasteiger partial charge in [0, 0.05) is 19.6 Å². The molecular weight excluding hydrogens is 260 g/mol. The lowest BCUT2D eigenvalue weighted by Gasteiger charge is -2.33. The van der Waals surface area contributed by atoms with Gasteiger partial charge < -0.3 is 4.74 Å². The fourth-order valence-electron chi connectivity index (χ4n) is 2.66. The molecular formula is C18H18N2O. The fraction of sp³-hybridized carbons (Fsp3) is 0.278. The van der Waals surface area contributed by atoms with E-state index in [1.165, 1.54) is 11.1 Å². The first-order valence-corrected chi connectivity index (χ1v) is 7.23. The van der Waals surface area contributed by atoms with Crippen LogP contribution in [-0.2, 0) is 11.3 Å². The van der Waals surface area contributed by atoms with Crippen LogP contribution < -0.4 is 0 Å². The monoisotopic (exact) mass is 278 g/mol. The highest BCUT2D eigenvalue weighted by molar-refractivity contribution is 5.31. The maximum atomic E-state index is 8.83. The summed E-state index contributed by atoms with van der Waals surface area (Å²) in [4.78, 5) is 2.41. The standard InChI is InChI=1S/C18H18N2O/c19-12-15-6-8-16(9-7-15)13-20-10-11-21-18(14-20)17-4-2-1-3-5-17/h1-9,18H,10-11,13-14H2. The molecule has 0 saturated carbocycles. The van der Waals surface area contributed by atoms with Crippen molar-refractivity contribution in [3.05, 3.63) is 71.3 Å². The number of ether oxygens (including phenoxy) is 1. The van der Waals surface area contributed by atoms with Crippen LogP contribution in [0.5, 0.6) is 0 Å². The van der Waals surface area contributed by atoms with E-state index in [1.54, 1.807) is 0 Å². The Bertz CT molecular complexity index is 616.